The van der Waals surface area contributed by atoms with Crippen molar-refractivity contribution in [3.8, 4) is 0 Å². The van der Waals surface area contributed by atoms with Crippen LogP contribution in [0.4, 0.5) is 5.69 Å². The number of carbonyl (C=O) groups excluding carboxylic acids is 1. The van der Waals surface area contributed by atoms with Crippen molar-refractivity contribution < 1.29 is 17.9 Å². The summed E-state index contributed by atoms with van der Waals surface area (Å²) >= 11 is 0. The summed E-state index contributed by atoms with van der Waals surface area (Å²) in [6.45, 7) is 10.2. The lowest BCUT2D eigenvalue weighted by Crippen LogP contribution is -2.49. The predicted octanol–water partition coefficient (Wildman–Crippen LogP) is 2.60. The van der Waals surface area contributed by atoms with Gasteiger partial charge in [-0.05, 0) is 55.7 Å². The van der Waals surface area contributed by atoms with Crippen LogP contribution in [0.3, 0.4) is 0 Å². The molecule has 2 aliphatic heterocycles. The first-order valence-corrected chi connectivity index (χ1v) is 12.5. The minimum absolute atomic E-state index is 0.121. The Labute approximate surface area is 190 Å². The number of aryl methyl sites for hydroxylation is 2. The highest BCUT2D eigenvalue weighted by Crippen LogP contribution is 2.26. The van der Waals surface area contributed by atoms with Crippen LogP contribution in [0.25, 0.3) is 0 Å². The number of anilines is 1. The predicted molar refractivity (Wildman–Crippen MR) is 125 cm³/mol. The van der Waals surface area contributed by atoms with Crippen molar-refractivity contribution in [2.24, 2.45) is 0 Å². The Bertz CT molecular complexity index is 1100. The number of hydrogen-bond acceptors (Lipinski definition) is 5. The van der Waals surface area contributed by atoms with Crippen LogP contribution in [0.2, 0.25) is 0 Å². The molecular weight excluding hydrogens is 426 g/mol. The fourth-order valence-corrected chi connectivity index (χ4v) is 6.01. The second-order valence-electron chi connectivity index (χ2n) is 8.50. The van der Waals surface area contributed by atoms with Gasteiger partial charge in [0.2, 0.25) is 10.0 Å². The molecule has 8 heteroatoms. The molecule has 0 bridgehead atoms. The molecule has 0 spiro atoms. The van der Waals surface area contributed by atoms with Crippen molar-refractivity contribution >= 4 is 21.6 Å². The molecule has 2 aromatic carbocycles. The lowest BCUT2D eigenvalue weighted by atomic mass is 10.1. The summed E-state index contributed by atoms with van der Waals surface area (Å²) in [5, 5.41) is 0. The standard InChI is InChI=1S/C24H31N3O4S/c1-18-5-4-6-22(20(18)3)25-9-11-26(12-10-25)24(28)21-8-7-19(2)23(17-21)32(29,30)27-13-15-31-16-14-27/h4-8,17H,9-16H2,1-3H3. The number of morpholine rings is 1. The molecule has 0 atom stereocenters. The molecule has 2 aromatic rings. The van der Waals surface area contributed by atoms with Crippen molar-refractivity contribution in [2.75, 3.05) is 57.4 Å². The van der Waals surface area contributed by atoms with Crippen LogP contribution in [0.5, 0.6) is 0 Å². The van der Waals surface area contributed by atoms with Gasteiger partial charge in [0.15, 0.2) is 0 Å². The summed E-state index contributed by atoms with van der Waals surface area (Å²) in [4.78, 5) is 17.5. The van der Waals surface area contributed by atoms with E-state index in [1.165, 1.54) is 21.1 Å². The maximum absolute atomic E-state index is 13.2. The van der Waals surface area contributed by atoms with E-state index in [1.807, 2.05) is 4.90 Å². The number of benzene rings is 2. The van der Waals surface area contributed by atoms with E-state index in [2.05, 4.69) is 36.9 Å². The van der Waals surface area contributed by atoms with Crippen LogP contribution in [0.15, 0.2) is 41.3 Å². The van der Waals surface area contributed by atoms with E-state index in [1.54, 1.807) is 25.1 Å². The minimum atomic E-state index is -3.66. The van der Waals surface area contributed by atoms with Gasteiger partial charge in [0.1, 0.15) is 0 Å². The van der Waals surface area contributed by atoms with Gasteiger partial charge in [0.25, 0.3) is 5.91 Å². The zero-order valence-corrected chi connectivity index (χ0v) is 19.8. The van der Waals surface area contributed by atoms with Gasteiger partial charge >= 0.3 is 0 Å². The van der Waals surface area contributed by atoms with Crippen molar-refractivity contribution in [1.29, 1.82) is 0 Å². The van der Waals surface area contributed by atoms with Gasteiger partial charge in [-0.3, -0.25) is 4.79 Å². The highest BCUT2D eigenvalue weighted by atomic mass is 32.2. The zero-order valence-electron chi connectivity index (χ0n) is 19.0. The van der Waals surface area contributed by atoms with E-state index in [-0.39, 0.29) is 10.8 Å². The lowest BCUT2D eigenvalue weighted by molar-refractivity contribution is 0.0729. The molecular formula is C24H31N3O4S. The number of ether oxygens (including phenoxy) is 1. The van der Waals surface area contributed by atoms with E-state index in [4.69, 9.17) is 4.74 Å². The lowest BCUT2D eigenvalue weighted by Gasteiger charge is -2.37. The summed E-state index contributed by atoms with van der Waals surface area (Å²) in [6.07, 6.45) is 0. The van der Waals surface area contributed by atoms with Crippen LogP contribution in [0.1, 0.15) is 27.0 Å². The molecule has 2 fully saturated rings. The number of amides is 1. The maximum atomic E-state index is 13.2. The molecule has 0 radical (unpaired) electrons. The minimum Gasteiger partial charge on any atom is -0.379 e. The molecule has 0 unspecified atom stereocenters. The summed E-state index contributed by atoms with van der Waals surface area (Å²) in [6, 6.07) is 11.3. The average Bonchev–Trinajstić information content (AvgIpc) is 2.81. The van der Waals surface area contributed by atoms with Gasteiger partial charge in [0, 0.05) is 50.5 Å². The first-order chi connectivity index (χ1) is 15.3. The highest BCUT2D eigenvalue weighted by molar-refractivity contribution is 7.89. The van der Waals surface area contributed by atoms with Gasteiger partial charge in [0.05, 0.1) is 18.1 Å². The molecule has 32 heavy (non-hydrogen) atoms. The quantitative estimate of drug-likeness (QED) is 0.706. The second-order valence-corrected chi connectivity index (χ2v) is 10.4. The van der Waals surface area contributed by atoms with Crippen molar-refractivity contribution in [3.63, 3.8) is 0 Å². The Balaban J connectivity index is 1.50. The second kappa shape index (κ2) is 9.21. The molecule has 7 nitrogen and oxygen atoms in total. The first-order valence-electron chi connectivity index (χ1n) is 11.1. The van der Waals surface area contributed by atoms with Crippen LogP contribution >= 0.6 is 0 Å². The van der Waals surface area contributed by atoms with Crippen LogP contribution < -0.4 is 4.90 Å². The van der Waals surface area contributed by atoms with Crippen molar-refractivity contribution in [3.05, 3.63) is 58.7 Å². The van der Waals surface area contributed by atoms with Crippen molar-refractivity contribution in [1.82, 2.24) is 9.21 Å². The molecule has 4 rings (SSSR count). The number of rotatable bonds is 4. The third-order valence-corrected chi connectivity index (χ3v) is 8.55. The third kappa shape index (κ3) is 4.40. The molecule has 2 heterocycles. The normalized spacial score (nSPS) is 18.1. The summed E-state index contributed by atoms with van der Waals surface area (Å²) in [5.41, 5.74) is 4.81. The van der Waals surface area contributed by atoms with E-state index in [0.29, 0.717) is 50.5 Å². The topological polar surface area (TPSA) is 70.2 Å². The monoisotopic (exact) mass is 457 g/mol. The van der Waals surface area contributed by atoms with Crippen LogP contribution in [-0.4, -0.2) is 76.0 Å². The molecule has 1 amide bonds. The molecule has 0 aliphatic carbocycles. The van der Waals surface area contributed by atoms with E-state index < -0.39 is 10.0 Å². The Hall–Kier alpha value is -2.42. The Morgan fingerprint density at radius 3 is 2.25 bits per heavy atom. The molecule has 2 saturated heterocycles. The largest absolute Gasteiger partial charge is 0.379 e. The average molecular weight is 458 g/mol. The van der Waals surface area contributed by atoms with Gasteiger partial charge in [-0.15, -0.1) is 0 Å². The Morgan fingerprint density at radius 1 is 0.875 bits per heavy atom. The van der Waals surface area contributed by atoms with E-state index >= 15 is 0 Å². The number of carbonyl (C=O) groups is 1. The van der Waals surface area contributed by atoms with Crippen LogP contribution in [0, 0.1) is 20.8 Å². The molecule has 2 aliphatic rings. The van der Waals surface area contributed by atoms with E-state index in [0.717, 1.165) is 13.1 Å². The molecule has 0 aromatic heterocycles. The van der Waals surface area contributed by atoms with Gasteiger partial charge < -0.3 is 14.5 Å². The molecule has 0 N–H and O–H groups in total. The Kier molecular flexibility index (Phi) is 6.55. The maximum Gasteiger partial charge on any atom is 0.254 e. The first kappa shape index (κ1) is 22.8. The summed E-state index contributed by atoms with van der Waals surface area (Å²) in [7, 11) is -3.66. The van der Waals surface area contributed by atoms with Gasteiger partial charge in [-0.2, -0.15) is 4.31 Å². The van der Waals surface area contributed by atoms with Gasteiger partial charge in [-0.1, -0.05) is 18.2 Å². The number of nitrogens with zero attached hydrogens (tertiary/aromatic N) is 3. The fraction of sp³-hybridized carbons (Fsp3) is 0.458. The van der Waals surface area contributed by atoms with E-state index in [9.17, 15) is 13.2 Å². The van der Waals surface area contributed by atoms with Crippen LogP contribution in [-0.2, 0) is 14.8 Å². The third-order valence-electron chi connectivity index (χ3n) is 6.51. The summed E-state index contributed by atoms with van der Waals surface area (Å²) in [5.74, 6) is -0.121. The highest BCUT2D eigenvalue weighted by Gasteiger charge is 2.30. The molecule has 0 saturated carbocycles. The fourth-order valence-electron chi connectivity index (χ4n) is 4.35. The Morgan fingerprint density at radius 2 is 1.56 bits per heavy atom. The van der Waals surface area contributed by atoms with Crippen molar-refractivity contribution in [2.45, 2.75) is 25.7 Å². The zero-order chi connectivity index (χ0) is 22.9. The smallest absolute Gasteiger partial charge is 0.254 e. The molecule has 172 valence electrons. The summed E-state index contributed by atoms with van der Waals surface area (Å²) < 4.78 is 33.0. The number of hydrogen-bond donors (Lipinski definition) is 0. The number of piperazine rings is 1. The number of sulfonamides is 1. The SMILES string of the molecule is Cc1ccc(C(=O)N2CCN(c3cccc(C)c3C)CC2)cc1S(=O)(=O)N1CCOCC1. The van der Waals surface area contributed by atoms with Gasteiger partial charge in [-0.25, -0.2) is 8.42 Å².